The van der Waals surface area contributed by atoms with Crippen molar-refractivity contribution in [2.24, 2.45) is 0 Å². The molecule has 0 aliphatic heterocycles. The molecule has 0 aromatic heterocycles. The van der Waals surface area contributed by atoms with Crippen molar-refractivity contribution in [2.75, 3.05) is 0 Å². The van der Waals surface area contributed by atoms with Gasteiger partial charge in [0, 0.05) is 0 Å². The van der Waals surface area contributed by atoms with E-state index in [4.69, 9.17) is 4.79 Å². The van der Waals surface area contributed by atoms with Gasteiger partial charge in [-0.3, -0.25) is 12.9 Å². The van der Waals surface area contributed by atoms with Crippen LogP contribution in [0.25, 0.3) is 0 Å². The average Bonchev–Trinajstić information content (AvgIpc) is 1.41. The van der Waals surface area contributed by atoms with Gasteiger partial charge in [0.2, 0.25) is 0 Å². The zero-order valence-corrected chi connectivity index (χ0v) is 2.83. The van der Waals surface area contributed by atoms with E-state index >= 15 is 0 Å². The lowest BCUT2D eigenvalue weighted by Gasteiger charge is -1.55. The minimum absolute atomic E-state index is 2.00. The molecular weight excluding hydrogens is 95.8 g/mol. The molecule has 0 fully saturated rings. The van der Waals surface area contributed by atoms with Crippen LogP contribution < -0.4 is 0 Å². The van der Waals surface area contributed by atoms with Crippen LogP contribution in [-0.2, 0) is 4.79 Å². The van der Waals surface area contributed by atoms with Gasteiger partial charge < -0.3 is 4.79 Å². The molecule has 1 nitrogen and oxygen atoms in total. The van der Waals surface area contributed by atoms with E-state index in [1.165, 1.54) is 0 Å². The predicted molar refractivity (Wildman–Crippen MR) is 16.2 cm³/mol. The lowest BCUT2D eigenvalue weighted by atomic mass is 10.5. The Morgan fingerprint density at radius 3 is 1.17 bits per heavy atom. The van der Waals surface area contributed by atoms with E-state index in [0.29, 0.717) is 0 Å². The van der Waals surface area contributed by atoms with Crippen molar-refractivity contribution in [3.63, 3.8) is 0 Å². The standard InChI is InChI=1S/CH2O.BF3/c1-2;2-1(3)4/h1H2;. The van der Waals surface area contributed by atoms with E-state index in [1.807, 2.05) is 6.79 Å². The SMILES string of the molecule is C=O.FB(F)F. The third kappa shape index (κ3) is 99.6. The van der Waals surface area contributed by atoms with Gasteiger partial charge in [-0.25, -0.2) is 0 Å². The first-order valence-corrected chi connectivity index (χ1v) is 0.943. The largest absolute Gasteiger partial charge is 0.762 e. The summed E-state index contributed by atoms with van der Waals surface area (Å²) in [6.07, 6.45) is 0. The van der Waals surface area contributed by atoms with E-state index in [0.717, 1.165) is 0 Å². The minimum atomic E-state index is -3.67. The highest BCUT2D eigenvalue weighted by molar-refractivity contribution is 6.33. The summed E-state index contributed by atoms with van der Waals surface area (Å²) < 4.78 is 29.0. The summed E-state index contributed by atoms with van der Waals surface area (Å²) in [5.41, 5.74) is 0. The van der Waals surface area contributed by atoms with E-state index in [-0.39, 0.29) is 0 Å². The van der Waals surface area contributed by atoms with E-state index < -0.39 is 7.54 Å². The molecule has 0 aliphatic rings. The molecule has 0 bridgehead atoms. The van der Waals surface area contributed by atoms with Crippen molar-refractivity contribution in [1.29, 1.82) is 0 Å². The Morgan fingerprint density at radius 1 is 1.17 bits per heavy atom. The normalized spacial score (nSPS) is 5.17. The highest BCUT2D eigenvalue weighted by Gasteiger charge is 2.06. The second kappa shape index (κ2) is 8.82. The lowest BCUT2D eigenvalue weighted by molar-refractivity contribution is -0.0979. The topological polar surface area (TPSA) is 17.1 Å². The summed E-state index contributed by atoms with van der Waals surface area (Å²) in [5, 5.41) is 0. The zero-order chi connectivity index (χ0) is 5.58. The van der Waals surface area contributed by atoms with E-state index in [1.54, 1.807) is 0 Å². The van der Waals surface area contributed by atoms with Crippen LogP contribution in [0.5, 0.6) is 0 Å². The maximum absolute atomic E-state index is 9.67. The molecule has 5 heteroatoms. The van der Waals surface area contributed by atoms with E-state index in [2.05, 4.69) is 0 Å². The molecule has 0 saturated carbocycles. The Labute approximate surface area is 33.4 Å². The van der Waals surface area contributed by atoms with Crippen molar-refractivity contribution in [2.45, 2.75) is 0 Å². The summed E-state index contributed by atoms with van der Waals surface area (Å²) >= 11 is 0. The van der Waals surface area contributed by atoms with Crippen LogP contribution in [0.3, 0.4) is 0 Å². The van der Waals surface area contributed by atoms with Gasteiger partial charge in [-0.1, -0.05) is 0 Å². The third-order valence-electron chi connectivity index (χ3n) is 0. The Kier molecular flexibility index (Phi) is 13.4. The first-order valence-electron chi connectivity index (χ1n) is 0.943. The van der Waals surface area contributed by atoms with Gasteiger partial charge in [0.1, 0.15) is 6.79 Å². The second-order valence-electron chi connectivity index (χ2n) is 0.247. The highest BCUT2D eigenvalue weighted by Crippen LogP contribution is 1.80. The predicted octanol–water partition coefficient (Wildman–Crippen LogP) is 0.695. The fraction of sp³-hybridized carbons (Fsp3) is 0. The number of halogens is 3. The monoisotopic (exact) mass is 98.0 g/mol. The molecule has 0 amide bonds. The van der Waals surface area contributed by atoms with Crippen LogP contribution in [0.15, 0.2) is 0 Å². The number of hydrogen-bond acceptors (Lipinski definition) is 1. The highest BCUT2D eigenvalue weighted by atomic mass is 19.4. The molecule has 36 valence electrons. The maximum atomic E-state index is 9.67. The Balaban J connectivity index is 0. The lowest BCUT2D eigenvalue weighted by Crippen LogP contribution is -1.76. The fourth-order valence-corrected chi connectivity index (χ4v) is 0. The first-order chi connectivity index (χ1) is 2.73. The minimum Gasteiger partial charge on any atom is -0.307 e. The second-order valence-corrected chi connectivity index (χ2v) is 0.247. The van der Waals surface area contributed by atoms with Crippen LogP contribution in [-0.4, -0.2) is 14.3 Å². The molecule has 0 unspecified atom stereocenters. The molecule has 0 aliphatic carbocycles. The molecule has 0 rings (SSSR count). The van der Waals surface area contributed by atoms with Crippen LogP contribution in [0, 0.1) is 0 Å². The number of carbonyl (C=O) groups excluding carboxylic acids is 1. The van der Waals surface area contributed by atoms with Crippen LogP contribution >= 0.6 is 0 Å². The van der Waals surface area contributed by atoms with Gasteiger partial charge in [0.15, 0.2) is 0 Å². The number of rotatable bonds is 0. The smallest absolute Gasteiger partial charge is 0.307 e. The van der Waals surface area contributed by atoms with E-state index in [9.17, 15) is 12.9 Å². The quantitative estimate of drug-likeness (QED) is 0.407. The molecule has 0 saturated heterocycles. The molecule has 0 heterocycles. The van der Waals surface area contributed by atoms with Crippen molar-refractivity contribution in [3.8, 4) is 0 Å². The van der Waals surface area contributed by atoms with Crippen molar-refractivity contribution < 1.29 is 17.7 Å². The molecule has 0 radical (unpaired) electrons. The van der Waals surface area contributed by atoms with Gasteiger partial charge in [-0.2, -0.15) is 0 Å². The van der Waals surface area contributed by atoms with Gasteiger partial charge in [-0.15, -0.1) is 0 Å². The summed E-state index contributed by atoms with van der Waals surface area (Å²) in [4.78, 5) is 8.00. The van der Waals surface area contributed by atoms with Crippen molar-refractivity contribution in [3.05, 3.63) is 0 Å². The Hall–Kier alpha value is -0.475. The van der Waals surface area contributed by atoms with Gasteiger partial charge in [-0.05, 0) is 0 Å². The fourth-order valence-electron chi connectivity index (χ4n) is 0. The molecular formula is CH2BF3O. The van der Waals surface area contributed by atoms with Crippen molar-refractivity contribution in [1.82, 2.24) is 0 Å². The average molecular weight is 97.8 g/mol. The Morgan fingerprint density at radius 2 is 1.17 bits per heavy atom. The summed E-state index contributed by atoms with van der Waals surface area (Å²) in [5.74, 6) is 0. The Bertz CT molecular complexity index is 22.0. The molecule has 0 atom stereocenters. The number of carbonyl (C=O) groups is 1. The van der Waals surface area contributed by atoms with Crippen LogP contribution in [0.1, 0.15) is 0 Å². The number of hydrogen-bond donors (Lipinski definition) is 0. The molecule has 0 spiro atoms. The zero-order valence-electron chi connectivity index (χ0n) is 2.83. The molecule has 0 aromatic rings. The summed E-state index contributed by atoms with van der Waals surface area (Å²) in [6, 6.07) is 0. The summed E-state index contributed by atoms with van der Waals surface area (Å²) in [6.45, 7) is 2.00. The van der Waals surface area contributed by atoms with Crippen molar-refractivity contribution >= 4 is 14.3 Å². The molecule has 0 N–H and O–H groups in total. The van der Waals surface area contributed by atoms with Gasteiger partial charge >= 0.3 is 7.54 Å². The van der Waals surface area contributed by atoms with Crippen LogP contribution in [0.4, 0.5) is 12.9 Å². The first kappa shape index (κ1) is 9.10. The van der Waals surface area contributed by atoms with Gasteiger partial charge in [0.05, 0.1) is 0 Å². The third-order valence-corrected chi connectivity index (χ3v) is 0. The van der Waals surface area contributed by atoms with Gasteiger partial charge in [0.25, 0.3) is 0 Å². The maximum Gasteiger partial charge on any atom is 0.762 e. The van der Waals surface area contributed by atoms with Crippen LogP contribution in [0.2, 0.25) is 0 Å². The molecule has 6 heavy (non-hydrogen) atoms. The molecule has 0 aromatic carbocycles. The summed E-state index contributed by atoms with van der Waals surface area (Å²) in [7, 11) is -3.67.